The van der Waals surface area contributed by atoms with E-state index in [2.05, 4.69) is 15.6 Å². The summed E-state index contributed by atoms with van der Waals surface area (Å²) >= 11 is 0. The van der Waals surface area contributed by atoms with Crippen molar-refractivity contribution >= 4 is 11.7 Å². The number of pyridine rings is 1. The maximum absolute atomic E-state index is 12.6. The number of nitriles is 1. The van der Waals surface area contributed by atoms with Gasteiger partial charge in [0.15, 0.2) is 0 Å². The first kappa shape index (κ1) is 18.2. The molecule has 0 unspecified atom stereocenters. The molecule has 0 spiro atoms. The summed E-state index contributed by atoms with van der Waals surface area (Å²) in [4.78, 5) is 16.9. The average Bonchev–Trinajstić information content (AvgIpc) is 3.26. The van der Waals surface area contributed by atoms with Crippen LogP contribution < -0.4 is 10.6 Å². The van der Waals surface area contributed by atoms with Crippen molar-refractivity contribution in [1.82, 2.24) is 10.3 Å². The van der Waals surface area contributed by atoms with E-state index in [9.17, 15) is 9.90 Å². The second-order valence-electron chi connectivity index (χ2n) is 7.49. The molecule has 4 atom stereocenters. The Bertz CT molecular complexity index is 729. The van der Waals surface area contributed by atoms with E-state index in [1.54, 1.807) is 6.07 Å². The highest BCUT2D eigenvalue weighted by atomic mass is 16.6. The summed E-state index contributed by atoms with van der Waals surface area (Å²) in [6, 6.07) is 7.45. The number of hydrogen-bond acceptors (Lipinski definition) is 7. The smallest absolute Gasteiger partial charge is 0.223 e. The molecule has 1 aromatic rings. The van der Waals surface area contributed by atoms with Gasteiger partial charge in [-0.1, -0.05) is 6.07 Å². The van der Waals surface area contributed by atoms with E-state index in [0.29, 0.717) is 18.1 Å². The fourth-order valence-electron chi connectivity index (χ4n) is 4.19. The van der Waals surface area contributed by atoms with Crippen molar-refractivity contribution in [1.29, 1.82) is 5.26 Å². The van der Waals surface area contributed by atoms with Crippen LogP contribution in [0.25, 0.3) is 0 Å². The zero-order chi connectivity index (χ0) is 18.8. The molecule has 1 amide bonds. The Balaban J connectivity index is 1.25. The van der Waals surface area contributed by atoms with Crippen LogP contribution in [-0.2, 0) is 14.3 Å². The fraction of sp³-hybridized carbons (Fsp3) is 0.632. The second-order valence-corrected chi connectivity index (χ2v) is 7.49. The molecule has 27 heavy (non-hydrogen) atoms. The molecule has 3 N–H and O–H groups in total. The molecule has 3 fully saturated rings. The third-order valence-electron chi connectivity index (χ3n) is 5.67. The minimum absolute atomic E-state index is 0.0215. The number of carbonyl (C=O) groups excluding carboxylic acids is 1. The van der Waals surface area contributed by atoms with Crippen molar-refractivity contribution in [2.24, 2.45) is 5.92 Å². The van der Waals surface area contributed by atoms with Crippen LogP contribution in [0.1, 0.15) is 31.4 Å². The normalized spacial score (nSPS) is 35.3. The highest BCUT2D eigenvalue weighted by molar-refractivity contribution is 5.79. The average molecular weight is 372 g/mol. The highest BCUT2D eigenvalue weighted by Gasteiger charge is 2.48. The molecule has 1 saturated carbocycles. The lowest BCUT2D eigenvalue weighted by Crippen LogP contribution is -2.47. The van der Waals surface area contributed by atoms with E-state index >= 15 is 0 Å². The van der Waals surface area contributed by atoms with Gasteiger partial charge in [0, 0.05) is 12.0 Å². The number of hydrogen-bond donors (Lipinski definition) is 3. The summed E-state index contributed by atoms with van der Waals surface area (Å²) in [5.41, 5.74) is 0.393. The van der Waals surface area contributed by atoms with E-state index in [4.69, 9.17) is 14.7 Å². The van der Waals surface area contributed by atoms with Crippen LogP contribution in [0.15, 0.2) is 18.2 Å². The van der Waals surface area contributed by atoms with E-state index in [1.807, 2.05) is 18.2 Å². The Hall–Kier alpha value is -2.21. The van der Waals surface area contributed by atoms with Gasteiger partial charge < -0.3 is 25.2 Å². The first-order valence-corrected chi connectivity index (χ1v) is 9.49. The largest absolute Gasteiger partial charge is 0.388 e. The first-order valence-electron chi connectivity index (χ1n) is 9.49. The molecule has 8 nitrogen and oxygen atoms in total. The Kier molecular flexibility index (Phi) is 5.25. The number of aliphatic hydroxyl groups excluding tert-OH is 1. The Morgan fingerprint density at radius 1 is 1.19 bits per heavy atom. The number of aliphatic hydroxyl groups is 1. The van der Waals surface area contributed by atoms with Crippen LogP contribution in [-0.4, -0.2) is 59.6 Å². The number of nitrogens with zero attached hydrogens (tertiary/aromatic N) is 2. The van der Waals surface area contributed by atoms with Crippen LogP contribution in [0.2, 0.25) is 0 Å². The number of nitrogens with one attached hydrogen (secondary N) is 2. The lowest BCUT2D eigenvalue weighted by molar-refractivity contribution is -0.127. The summed E-state index contributed by atoms with van der Waals surface area (Å²) in [6.07, 6.45) is 2.16. The van der Waals surface area contributed by atoms with Crippen LogP contribution in [0.5, 0.6) is 0 Å². The van der Waals surface area contributed by atoms with E-state index in [-0.39, 0.29) is 42.7 Å². The SMILES string of the molecule is N#Cc1cccc(NC2CCC(C(=O)N[C@@H]3CO[C@H]4[C@@H]3OC[C@H]4O)CC2)n1. The van der Waals surface area contributed by atoms with Gasteiger partial charge in [0.25, 0.3) is 0 Å². The van der Waals surface area contributed by atoms with Crippen molar-refractivity contribution in [3.05, 3.63) is 23.9 Å². The predicted octanol–water partition coefficient (Wildman–Crippen LogP) is 0.567. The summed E-state index contributed by atoms with van der Waals surface area (Å²) in [7, 11) is 0. The van der Waals surface area contributed by atoms with Gasteiger partial charge >= 0.3 is 0 Å². The number of amides is 1. The first-order chi connectivity index (χ1) is 13.1. The highest BCUT2D eigenvalue weighted by Crippen LogP contribution is 2.29. The molecule has 144 valence electrons. The molecular weight excluding hydrogens is 348 g/mol. The zero-order valence-electron chi connectivity index (χ0n) is 15.0. The predicted molar refractivity (Wildman–Crippen MR) is 95.7 cm³/mol. The van der Waals surface area contributed by atoms with Gasteiger partial charge in [-0.3, -0.25) is 4.79 Å². The van der Waals surface area contributed by atoms with Crippen molar-refractivity contribution in [3.63, 3.8) is 0 Å². The topological polar surface area (TPSA) is 117 Å². The molecule has 0 aromatic carbocycles. The number of anilines is 1. The number of carbonyl (C=O) groups is 1. The fourth-order valence-corrected chi connectivity index (χ4v) is 4.19. The summed E-state index contributed by atoms with van der Waals surface area (Å²) in [5, 5.41) is 25.1. The van der Waals surface area contributed by atoms with Crippen LogP contribution in [0.4, 0.5) is 5.82 Å². The monoisotopic (exact) mass is 372 g/mol. The Labute approximate surface area is 157 Å². The number of ether oxygens (including phenoxy) is 2. The van der Waals surface area contributed by atoms with E-state index < -0.39 is 6.10 Å². The lowest BCUT2D eigenvalue weighted by Gasteiger charge is -2.30. The zero-order valence-corrected chi connectivity index (χ0v) is 15.0. The summed E-state index contributed by atoms with van der Waals surface area (Å²) < 4.78 is 11.1. The standard InChI is InChI=1S/C19H24N4O4/c20-8-13-2-1-3-16(22-13)21-12-6-4-11(5-7-12)19(25)23-14-9-26-18-15(24)10-27-17(14)18/h1-3,11-12,14-15,17-18,24H,4-7,9-10H2,(H,21,22)(H,23,25)/t11?,12?,14-,15-,17-,18-/m1/s1. The Morgan fingerprint density at radius 2 is 1.96 bits per heavy atom. The maximum Gasteiger partial charge on any atom is 0.223 e. The molecule has 3 aliphatic rings. The molecule has 1 aromatic heterocycles. The van der Waals surface area contributed by atoms with Crippen LogP contribution in [0.3, 0.4) is 0 Å². The van der Waals surface area contributed by atoms with Crippen LogP contribution >= 0.6 is 0 Å². The lowest BCUT2D eigenvalue weighted by atomic mass is 9.85. The maximum atomic E-state index is 12.6. The van der Waals surface area contributed by atoms with Gasteiger partial charge in [-0.15, -0.1) is 0 Å². The van der Waals surface area contributed by atoms with E-state index in [1.165, 1.54) is 0 Å². The van der Waals surface area contributed by atoms with Crippen LogP contribution in [0, 0.1) is 17.2 Å². The number of rotatable bonds is 4. The summed E-state index contributed by atoms with van der Waals surface area (Å²) in [5.74, 6) is 0.720. The Morgan fingerprint density at radius 3 is 2.74 bits per heavy atom. The molecule has 0 radical (unpaired) electrons. The molecule has 4 rings (SSSR count). The van der Waals surface area contributed by atoms with Gasteiger partial charge in [0.2, 0.25) is 5.91 Å². The van der Waals surface area contributed by atoms with Crippen molar-refractivity contribution in [2.75, 3.05) is 18.5 Å². The quantitative estimate of drug-likeness (QED) is 0.707. The third-order valence-corrected chi connectivity index (χ3v) is 5.67. The van der Waals surface area contributed by atoms with E-state index in [0.717, 1.165) is 25.7 Å². The number of fused-ring (bicyclic) bond motifs is 1. The van der Waals surface area contributed by atoms with Gasteiger partial charge in [0.1, 0.15) is 35.9 Å². The molecular formula is C19H24N4O4. The van der Waals surface area contributed by atoms with Gasteiger partial charge in [-0.05, 0) is 37.8 Å². The molecule has 1 aliphatic carbocycles. The van der Waals surface area contributed by atoms with Gasteiger partial charge in [0.05, 0.1) is 19.3 Å². The molecule has 2 saturated heterocycles. The van der Waals surface area contributed by atoms with Crippen molar-refractivity contribution in [3.8, 4) is 6.07 Å². The van der Waals surface area contributed by atoms with Gasteiger partial charge in [-0.2, -0.15) is 5.26 Å². The molecule has 3 heterocycles. The summed E-state index contributed by atoms with van der Waals surface area (Å²) in [6.45, 7) is 0.648. The minimum atomic E-state index is -0.605. The molecule has 2 aliphatic heterocycles. The molecule has 0 bridgehead atoms. The van der Waals surface area contributed by atoms with Crippen molar-refractivity contribution in [2.45, 2.75) is 56.1 Å². The second kappa shape index (κ2) is 7.80. The third kappa shape index (κ3) is 3.90. The molecule has 8 heteroatoms. The number of aromatic nitrogens is 1. The van der Waals surface area contributed by atoms with Crippen molar-refractivity contribution < 1.29 is 19.4 Å². The van der Waals surface area contributed by atoms with Gasteiger partial charge in [-0.25, -0.2) is 4.98 Å². The minimum Gasteiger partial charge on any atom is -0.388 e.